The Balaban J connectivity index is 1.31. The number of nitrogens with zero attached hydrogens (tertiary/aromatic N) is 6. The van der Waals surface area contributed by atoms with Crippen LogP contribution < -0.4 is 4.90 Å². The smallest absolute Gasteiger partial charge is 0.269 e. The van der Waals surface area contributed by atoms with Crippen molar-refractivity contribution in [1.29, 1.82) is 0 Å². The number of nitro groups is 1. The van der Waals surface area contributed by atoms with E-state index in [4.69, 9.17) is 4.42 Å². The molecule has 0 aliphatic carbocycles. The Morgan fingerprint density at radius 2 is 1.90 bits per heavy atom. The van der Waals surface area contributed by atoms with Crippen LogP contribution in [0.5, 0.6) is 0 Å². The van der Waals surface area contributed by atoms with E-state index in [1.54, 1.807) is 24.5 Å². The number of thioether (sulfide) groups is 1. The average Bonchev–Trinajstić information content (AvgIpc) is 3.47. The first-order valence-electron chi connectivity index (χ1n) is 9.94. The molecule has 0 unspecified atom stereocenters. The van der Waals surface area contributed by atoms with Gasteiger partial charge in [0.25, 0.3) is 5.69 Å². The fraction of sp³-hybridized carbons (Fsp3) is 0.350. The summed E-state index contributed by atoms with van der Waals surface area (Å²) in [7, 11) is 0. The number of hydrogen-bond acceptors (Lipinski definition) is 8. The van der Waals surface area contributed by atoms with Gasteiger partial charge in [0.15, 0.2) is 16.7 Å². The quantitative estimate of drug-likeness (QED) is 0.312. The van der Waals surface area contributed by atoms with Gasteiger partial charge in [-0.2, -0.15) is 0 Å². The molecule has 1 amide bonds. The third kappa shape index (κ3) is 4.55. The SMILES string of the molecule is CCn1c(SCC(=O)N2CCN(c3ccc([N+](=O)[O-])cc3)CC2)nnc1-c1ccco1. The van der Waals surface area contributed by atoms with Crippen molar-refractivity contribution >= 4 is 29.0 Å². The van der Waals surface area contributed by atoms with Gasteiger partial charge >= 0.3 is 0 Å². The standard InChI is InChI=1S/C20H22N6O4S/c1-2-25-19(17-4-3-13-30-17)21-22-20(25)31-14-18(27)24-11-9-23(10-12-24)15-5-7-16(8-6-15)26(28)29/h3-8,13H,2,9-12,14H2,1H3. The highest BCUT2D eigenvalue weighted by atomic mass is 32.2. The fourth-order valence-electron chi connectivity index (χ4n) is 3.49. The zero-order valence-corrected chi connectivity index (χ0v) is 17.8. The van der Waals surface area contributed by atoms with Gasteiger partial charge in [0.05, 0.1) is 16.9 Å². The van der Waals surface area contributed by atoms with Gasteiger partial charge in [-0.3, -0.25) is 19.5 Å². The number of rotatable bonds is 7. The third-order valence-electron chi connectivity index (χ3n) is 5.16. The second-order valence-electron chi connectivity index (χ2n) is 6.96. The summed E-state index contributed by atoms with van der Waals surface area (Å²) in [5.74, 6) is 1.64. The lowest BCUT2D eigenvalue weighted by Gasteiger charge is -2.36. The van der Waals surface area contributed by atoms with Gasteiger partial charge in [-0.15, -0.1) is 10.2 Å². The molecule has 162 valence electrons. The predicted molar refractivity (Wildman–Crippen MR) is 116 cm³/mol. The molecule has 1 fully saturated rings. The van der Waals surface area contributed by atoms with Crippen molar-refractivity contribution in [1.82, 2.24) is 19.7 Å². The van der Waals surface area contributed by atoms with Gasteiger partial charge in [0.1, 0.15) is 0 Å². The second-order valence-corrected chi connectivity index (χ2v) is 7.90. The summed E-state index contributed by atoms with van der Waals surface area (Å²) >= 11 is 1.37. The van der Waals surface area contributed by atoms with Crippen LogP contribution in [0, 0.1) is 10.1 Å². The molecular formula is C20H22N6O4S. The van der Waals surface area contributed by atoms with Gasteiger partial charge in [0.2, 0.25) is 5.91 Å². The summed E-state index contributed by atoms with van der Waals surface area (Å²) in [4.78, 5) is 27.1. The van der Waals surface area contributed by atoms with E-state index >= 15 is 0 Å². The monoisotopic (exact) mass is 442 g/mol. The van der Waals surface area contributed by atoms with Crippen molar-refractivity contribution in [3.63, 3.8) is 0 Å². The Hall–Kier alpha value is -3.34. The Labute approximate surface area is 183 Å². The Morgan fingerprint density at radius 3 is 2.52 bits per heavy atom. The molecule has 1 aliphatic heterocycles. The van der Waals surface area contributed by atoms with Crippen molar-refractivity contribution < 1.29 is 14.1 Å². The van der Waals surface area contributed by atoms with E-state index < -0.39 is 4.92 Å². The van der Waals surface area contributed by atoms with E-state index in [0.29, 0.717) is 49.5 Å². The average molecular weight is 443 g/mol. The number of benzene rings is 1. The lowest BCUT2D eigenvalue weighted by Crippen LogP contribution is -2.49. The Morgan fingerprint density at radius 1 is 1.16 bits per heavy atom. The van der Waals surface area contributed by atoms with Gasteiger partial charge < -0.3 is 14.2 Å². The molecule has 0 bridgehead atoms. The molecule has 0 atom stereocenters. The Kier molecular flexibility index (Phi) is 6.21. The molecule has 0 N–H and O–H groups in total. The molecule has 3 aromatic rings. The minimum absolute atomic E-state index is 0.0542. The summed E-state index contributed by atoms with van der Waals surface area (Å²) in [6.45, 7) is 5.25. The van der Waals surface area contributed by atoms with Crippen LogP contribution in [-0.4, -0.2) is 62.4 Å². The molecule has 10 nitrogen and oxygen atoms in total. The predicted octanol–water partition coefficient (Wildman–Crippen LogP) is 2.91. The highest BCUT2D eigenvalue weighted by Crippen LogP contribution is 2.25. The van der Waals surface area contributed by atoms with Crippen molar-refractivity contribution in [2.24, 2.45) is 0 Å². The van der Waals surface area contributed by atoms with E-state index in [1.807, 2.05) is 22.5 Å². The molecular weight excluding hydrogens is 420 g/mol. The maximum atomic E-state index is 12.7. The van der Waals surface area contributed by atoms with Gasteiger partial charge in [0, 0.05) is 50.5 Å². The summed E-state index contributed by atoms with van der Waals surface area (Å²) in [6.07, 6.45) is 1.59. The molecule has 0 saturated carbocycles. The number of anilines is 1. The van der Waals surface area contributed by atoms with Crippen LogP contribution in [0.1, 0.15) is 6.92 Å². The normalized spacial score (nSPS) is 14.1. The number of nitro benzene ring substituents is 1. The van der Waals surface area contributed by atoms with E-state index in [2.05, 4.69) is 15.1 Å². The van der Waals surface area contributed by atoms with Crippen molar-refractivity contribution in [3.05, 3.63) is 52.8 Å². The first kappa shape index (κ1) is 20.9. The topological polar surface area (TPSA) is 111 Å². The summed E-state index contributed by atoms with van der Waals surface area (Å²) in [5, 5.41) is 19.9. The maximum absolute atomic E-state index is 12.7. The van der Waals surface area contributed by atoms with Crippen LogP contribution in [0.4, 0.5) is 11.4 Å². The number of hydrogen-bond donors (Lipinski definition) is 0. The van der Waals surface area contributed by atoms with Crippen molar-refractivity contribution in [3.8, 4) is 11.6 Å². The van der Waals surface area contributed by atoms with Crippen LogP contribution in [0.2, 0.25) is 0 Å². The fourth-order valence-corrected chi connectivity index (χ4v) is 4.39. The first-order chi connectivity index (χ1) is 15.1. The molecule has 1 aromatic carbocycles. The number of furan rings is 1. The van der Waals surface area contributed by atoms with E-state index in [0.717, 1.165) is 5.69 Å². The molecule has 0 radical (unpaired) electrons. The van der Waals surface area contributed by atoms with Crippen LogP contribution in [0.15, 0.2) is 52.2 Å². The Bertz CT molecular complexity index is 1040. The lowest BCUT2D eigenvalue weighted by atomic mass is 10.2. The van der Waals surface area contributed by atoms with Crippen LogP contribution in [0.25, 0.3) is 11.6 Å². The first-order valence-corrected chi connectivity index (χ1v) is 10.9. The molecule has 11 heteroatoms. The summed E-state index contributed by atoms with van der Waals surface area (Å²) < 4.78 is 7.35. The second kappa shape index (κ2) is 9.21. The molecule has 2 aromatic heterocycles. The number of piperazine rings is 1. The minimum atomic E-state index is -0.408. The van der Waals surface area contributed by atoms with Crippen molar-refractivity contribution in [2.45, 2.75) is 18.6 Å². The molecule has 31 heavy (non-hydrogen) atoms. The minimum Gasteiger partial charge on any atom is -0.461 e. The number of non-ortho nitro benzene ring substituents is 1. The summed E-state index contributed by atoms with van der Waals surface area (Å²) in [5.41, 5.74) is 0.998. The van der Waals surface area contributed by atoms with Crippen LogP contribution in [-0.2, 0) is 11.3 Å². The zero-order chi connectivity index (χ0) is 21.8. The van der Waals surface area contributed by atoms with E-state index in [1.165, 1.54) is 23.9 Å². The number of amides is 1. The van der Waals surface area contributed by atoms with Crippen molar-refractivity contribution in [2.75, 3.05) is 36.8 Å². The largest absolute Gasteiger partial charge is 0.461 e. The molecule has 1 saturated heterocycles. The van der Waals surface area contributed by atoms with Crippen LogP contribution in [0.3, 0.4) is 0 Å². The molecule has 0 spiro atoms. The third-order valence-corrected chi connectivity index (χ3v) is 6.11. The molecule has 3 heterocycles. The number of carbonyl (C=O) groups is 1. The lowest BCUT2D eigenvalue weighted by molar-refractivity contribution is -0.384. The van der Waals surface area contributed by atoms with Crippen LogP contribution >= 0.6 is 11.8 Å². The molecule has 1 aliphatic rings. The summed E-state index contributed by atoms with van der Waals surface area (Å²) in [6, 6.07) is 10.1. The van der Waals surface area contributed by atoms with Gasteiger partial charge in [-0.25, -0.2) is 0 Å². The highest BCUT2D eigenvalue weighted by Gasteiger charge is 2.23. The van der Waals surface area contributed by atoms with E-state index in [-0.39, 0.29) is 17.3 Å². The maximum Gasteiger partial charge on any atom is 0.269 e. The van der Waals surface area contributed by atoms with E-state index in [9.17, 15) is 14.9 Å². The number of carbonyl (C=O) groups excluding carboxylic acids is 1. The van der Waals surface area contributed by atoms with Gasteiger partial charge in [-0.05, 0) is 31.2 Å². The highest BCUT2D eigenvalue weighted by molar-refractivity contribution is 7.99. The molecule has 4 rings (SSSR count). The van der Waals surface area contributed by atoms with Gasteiger partial charge in [-0.1, -0.05) is 11.8 Å². The number of aromatic nitrogens is 3. The zero-order valence-electron chi connectivity index (χ0n) is 17.0.